The van der Waals surface area contributed by atoms with E-state index in [4.69, 9.17) is 19.9 Å². The highest BCUT2D eigenvalue weighted by Gasteiger charge is 2.20. The van der Waals surface area contributed by atoms with Crippen LogP contribution in [-0.2, 0) is 0 Å². The summed E-state index contributed by atoms with van der Waals surface area (Å²) in [6.07, 6.45) is 7.28. The molecule has 0 radical (unpaired) electrons. The first-order valence-electron chi connectivity index (χ1n) is 15.6. The van der Waals surface area contributed by atoms with E-state index in [1.165, 1.54) is 48.9 Å². The third kappa shape index (κ3) is 3.95. The number of benzene rings is 5. The summed E-state index contributed by atoms with van der Waals surface area (Å²) >= 11 is 0. The van der Waals surface area contributed by atoms with Gasteiger partial charge in [0.15, 0.2) is 11.6 Å². The van der Waals surface area contributed by atoms with Gasteiger partial charge in [-0.1, -0.05) is 78.9 Å². The van der Waals surface area contributed by atoms with Crippen molar-refractivity contribution in [2.45, 2.75) is 0 Å². The number of para-hydroxylation sites is 1. The van der Waals surface area contributed by atoms with Crippen molar-refractivity contribution in [1.82, 2.24) is 29.3 Å². The molecule has 0 aliphatic carbocycles. The third-order valence-electron chi connectivity index (χ3n) is 9.13. The monoisotopic (exact) mass is 600 g/mol. The molecule has 10 rings (SSSR count). The van der Waals surface area contributed by atoms with Crippen molar-refractivity contribution in [1.29, 1.82) is 0 Å². The van der Waals surface area contributed by atoms with E-state index in [0.29, 0.717) is 17.3 Å². The van der Waals surface area contributed by atoms with Crippen molar-refractivity contribution in [3.63, 3.8) is 0 Å². The summed E-state index contributed by atoms with van der Waals surface area (Å²) in [6.45, 7) is 0. The van der Waals surface area contributed by atoms with Crippen LogP contribution < -0.4 is 0 Å². The molecule has 0 saturated heterocycles. The molecule has 5 heterocycles. The lowest BCUT2D eigenvalue weighted by atomic mass is 9.97. The summed E-state index contributed by atoms with van der Waals surface area (Å²) < 4.78 is 2.42. The Hall–Kier alpha value is -6.53. The fourth-order valence-electron chi connectivity index (χ4n) is 7.02. The van der Waals surface area contributed by atoms with E-state index in [2.05, 4.69) is 94.3 Å². The van der Waals surface area contributed by atoms with Gasteiger partial charge in [0.25, 0.3) is 0 Å². The van der Waals surface area contributed by atoms with Gasteiger partial charge in [-0.25, -0.2) is 19.9 Å². The minimum atomic E-state index is 0.543. The maximum absolute atomic E-state index is 5.14. The molecule has 0 atom stereocenters. The van der Waals surface area contributed by atoms with E-state index in [9.17, 15) is 0 Å². The van der Waals surface area contributed by atoms with E-state index in [1.807, 2.05) is 48.8 Å². The molecule has 0 aliphatic rings. The lowest BCUT2D eigenvalue weighted by molar-refractivity contribution is 1.11. The summed E-state index contributed by atoms with van der Waals surface area (Å²) in [4.78, 5) is 24.0. The molecular weight excluding hydrogens is 576 g/mol. The van der Waals surface area contributed by atoms with Crippen LogP contribution in [0, 0.1) is 0 Å². The summed E-state index contributed by atoms with van der Waals surface area (Å²) in [5, 5.41) is 7.22. The smallest absolute Gasteiger partial charge is 0.178 e. The van der Waals surface area contributed by atoms with Gasteiger partial charge in [-0.15, -0.1) is 0 Å². The highest BCUT2D eigenvalue weighted by molar-refractivity contribution is 6.27. The number of aromatic nitrogens is 6. The molecule has 5 aromatic heterocycles. The number of fused-ring (bicyclic) bond motifs is 5. The summed E-state index contributed by atoms with van der Waals surface area (Å²) in [5.74, 6) is 1.16. The highest BCUT2D eigenvalue weighted by Crippen LogP contribution is 2.42. The Kier molecular flexibility index (Phi) is 5.48. The standard InChI is InChI=1S/C41H24N6/c1-2-8-25(9-3-1)29-23-43-41(44-24-29)35-22-34(26-16-18-42-19-17-26)45-40(46-35)28-20-32-30-12-4-5-14-36(30)47-37-15-7-11-27-10-6-13-31(38(27)37)33(21-28)39(32)47/h1-24H. The zero-order valence-electron chi connectivity index (χ0n) is 25.0. The Labute approximate surface area is 269 Å². The SMILES string of the molecule is c1ccc(-c2cnc(-c3cc(-c4ccncc4)nc(-c4cc5c6cccc7cccc(c76)n6c7ccccc7c(c4)c56)n3)nc2)cc1. The first-order chi connectivity index (χ1) is 23.3. The van der Waals surface area contributed by atoms with Crippen LogP contribution in [0.2, 0.25) is 0 Å². The normalized spacial score (nSPS) is 11.8. The Morgan fingerprint density at radius 3 is 1.96 bits per heavy atom. The molecule has 0 bridgehead atoms. The molecule has 47 heavy (non-hydrogen) atoms. The Morgan fingerprint density at radius 1 is 0.447 bits per heavy atom. The molecule has 0 saturated carbocycles. The zero-order chi connectivity index (χ0) is 30.9. The molecule has 5 aromatic carbocycles. The van der Waals surface area contributed by atoms with Gasteiger partial charge in [0.2, 0.25) is 0 Å². The largest absolute Gasteiger partial charge is 0.308 e. The molecule has 0 fully saturated rings. The van der Waals surface area contributed by atoms with Crippen LogP contribution in [0.15, 0.2) is 146 Å². The summed E-state index contributed by atoms with van der Waals surface area (Å²) in [6, 6.07) is 42.3. The summed E-state index contributed by atoms with van der Waals surface area (Å²) in [7, 11) is 0. The number of hydrogen-bond donors (Lipinski definition) is 0. The number of rotatable bonds is 4. The van der Waals surface area contributed by atoms with Gasteiger partial charge in [0.05, 0.1) is 22.2 Å². The van der Waals surface area contributed by atoms with Crippen molar-refractivity contribution in [2.75, 3.05) is 0 Å². The van der Waals surface area contributed by atoms with Crippen LogP contribution in [0.5, 0.6) is 0 Å². The molecule has 0 aliphatic heterocycles. The van der Waals surface area contributed by atoms with Crippen molar-refractivity contribution >= 4 is 48.9 Å². The zero-order valence-corrected chi connectivity index (χ0v) is 25.0. The number of hydrogen-bond acceptors (Lipinski definition) is 5. The van der Waals surface area contributed by atoms with Crippen LogP contribution >= 0.6 is 0 Å². The molecule has 6 nitrogen and oxygen atoms in total. The molecule has 10 aromatic rings. The van der Waals surface area contributed by atoms with Gasteiger partial charge in [0.1, 0.15) is 5.69 Å². The average molecular weight is 601 g/mol. The van der Waals surface area contributed by atoms with Gasteiger partial charge in [-0.3, -0.25) is 4.98 Å². The molecular formula is C41H24N6. The van der Waals surface area contributed by atoms with Crippen LogP contribution in [0.1, 0.15) is 0 Å². The van der Waals surface area contributed by atoms with E-state index in [1.54, 1.807) is 12.4 Å². The predicted molar refractivity (Wildman–Crippen MR) is 189 cm³/mol. The van der Waals surface area contributed by atoms with Gasteiger partial charge in [0, 0.05) is 63.0 Å². The lowest BCUT2D eigenvalue weighted by Crippen LogP contribution is -1.99. The van der Waals surface area contributed by atoms with Crippen LogP contribution in [0.4, 0.5) is 0 Å². The van der Waals surface area contributed by atoms with Gasteiger partial charge >= 0.3 is 0 Å². The minimum absolute atomic E-state index is 0.543. The first kappa shape index (κ1) is 25.8. The Bertz CT molecular complexity index is 2770. The molecule has 0 N–H and O–H groups in total. The maximum Gasteiger partial charge on any atom is 0.178 e. The third-order valence-corrected chi connectivity index (χ3v) is 9.13. The number of nitrogens with zero attached hydrogens (tertiary/aromatic N) is 6. The van der Waals surface area contributed by atoms with Gasteiger partial charge < -0.3 is 4.40 Å². The average Bonchev–Trinajstić information content (AvgIpc) is 3.49. The van der Waals surface area contributed by atoms with E-state index < -0.39 is 0 Å². The second kappa shape index (κ2) is 9.99. The Balaban J connectivity index is 1.25. The summed E-state index contributed by atoms with van der Waals surface area (Å²) in [5.41, 5.74) is 8.93. The first-order valence-corrected chi connectivity index (χ1v) is 15.6. The lowest BCUT2D eigenvalue weighted by Gasteiger charge is -2.14. The quantitative estimate of drug-likeness (QED) is 0.149. The minimum Gasteiger partial charge on any atom is -0.308 e. The van der Waals surface area contributed by atoms with Crippen LogP contribution in [-0.4, -0.2) is 29.3 Å². The van der Waals surface area contributed by atoms with Crippen molar-refractivity contribution in [3.8, 4) is 45.3 Å². The van der Waals surface area contributed by atoms with Crippen molar-refractivity contribution in [3.05, 3.63) is 146 Å². The van der Waals surface area contributed by atoms with Crippen LogP contribution in [0.3, 0.4) is 0 Å². The van der Waals surface area contributed by atoms with E-state index >= 15 is 0 Å². The van der Waals surface area contributed by atoms with Crippen LogP contribution in [0.25, 0.3) is 94.2 Å². The van der Waals surface area contributed by atoms with Crippen molar-refractivity contribution < 1.29 is 0 Å². The van der Waals surface area contributed by atoms with E-state index in [0.717, 1.165) is 27.9 Å². The second-order valence-electron chi connectivity index (χ2n) is 11.8. The second-order valence-corrected chi connectivity index (χ2v) is 11.8. The van der Waals surface area contributed by atoms with Gasteiger partial charge in [-0.2, -0.15) is 0 Å². The maximum atomic E-state index is 5.14. The molecule has 0 spiro atoms. The van der Waals surface area contributed by atoms with Gasteiger partial charge in [-0.05, 0) is 58.8 Å². The topological polar surface area (TPSA) is 68.9 Å². The molecule has 218 valence electrons. The predicted octanol–water partition coefficient (Wildman–Crippen LogP) is 9.63. The highest BCUT2D eigenvalue weighted by atomic mass is 15.0. The Morgan fingerprint density at radius 2 is 1.13 bits per heavy atom. The molecule has 0 amide bonds. The molecule has 6 heteroatoms. The molecule has 0 unspecified atom stereocenters. The van der Waals surface area contributed by atoms with Crippen molar-refractivity contribution in [2.24, 2.45) is 0 Å². The van der Waals surface area contributed by atoms with E-state index in [-0.39, 0.29) is 0 Å². The number of pyridine rings is 2. The fraction of sp³-hybridized carbons (Fsp3) is 0. The fourth-order valence-corrected chi connectivity index (χ4v) is 7.02.